The fourth-order valence-corrected chi connectivity index (χ4v) is 3.47. The van der Waals surface area contributed by atoms with Gasteiger partial charge >= 0.3 is 0 Å². The summed E-state index contributed by atoms with van der Waals surface area (Å²) in [6.07, 6.45) is 7.75. The SMILES string of the molecule is CC(C)c1nc(C2CCCCCC2)nc(N)c1I. The molecule has 0 atom stereocenters. The maximum absolute atomic E-state index is 6.05. The molecule has 1 saturated carbocycles. The van der Waals surface area contributed by atoms with E-state index in [0.717, 1.165) is 15.1 Å². The minimum absolute atomic E-state index is 0.409. The molecule has 1 heterocycles. The Hall–Kier alpha value is -0.390. The molecule has 1 fully saturated rings. The Labute approximate surface area is 123 Å². The van der Waals surface area contributed by atoms with Crippen LogP contribution in [0.25, 0.3) is 0 Å². The van der Waals surface area contributed by atoms with Crippen LogP contribution in [0.15, 0.2) is 0 Å². The van der Waals surface area contributed by atoms with Crippen molar-refractivity contribution in [1.82, 2.24) is 9.97 Å². The zero-order valence-corrected chi connectivity index (χ0v) is 13.4. The molecule has 1 aromatic heterocycles. The zero-order chi connectivity index (χ0) is 13.1. The van der Waals surface area contributed by atoms with Crippen molar-refractivity contribution in [3.8, 4) is 0 Å². The molecule has 0 spiro atoms. The largest absolute Gasteiger partial charge is 0.383 e. The molecule has 1 aromatic rings. The van der Waals surface area contributed by atoms with Crippen molar-refractivity contribution in [3.05, 3.63) is 15.1 Å². The van der Waals surface area contributed by atoms with E-state index in [9.17, 15) is 0 Å². The Morgan fingerprint density at radius 1 is 1.11 bits per heavy atom. The average molecular weight is 359 g/mol. The molecular formula is C14H22IN3. The van der Waals surface area contributed by atoms with Gasteiger partial charge in [-0.05, 0) is 41.4 Å². The van der Waals surface area contributed by atoms with Gasteiger partial charge in [0.25, 0.3) is 0 Å². The fraction of sp³-hybridized carbons (Fsp3) is 0.714. The summed E-state index contributed by atoms with van der Waals surface area (Å²) in [5.41, 5.74) is 7.16. The van der Waals surface area contributed by atoms with Crippen LogP contribution in [0.3, 0.4) is 0 Å². The quantitative estimate of drug-likeness (QED) is 0.635. The van der Waals surface area contributed by atoms with Crippen LogP contribution in [0.5, 0.6) is 0 Å². The number of anilines is 1. The second kappa shape index (κ2) is 6.17. The lowest BCUT2D eigenvalue weighted by Crippen LogP contribution is -2.12. The lowest BCUT2D eigenvalue weighted by molar-refractivity contribution is 0.555. The Morgan fingerprint density at radius 3 is 2.28 bits per heavy atom. The summed E-state index contributed by atoms with van der Waals surface area (Å²) in [6.45, 7) is 4.33. The van der Waals surface area contributed by atoms with Crippen molar-refractivity contribution >= 4 is 28.4 Å². The Kier molecular flexibility index (Phi) is 4.81. The molecule has 0 unspecified atom stereocenters. The van der Waals surface area contributed by atoms with Crippen LogP contribution in [-0.4, -0.2) is 9.97 Å². The van der Waals surface area contributed by atoms with E-state index >= 15 is 0 Å². The van der Waals surface area contributed by atoms with E-state index < -0.39 is 0 Å². The predicted octanol–water partition coefficient (Wildman–Crippen LogP) is 4.22. The first kappa shape index (κ1) is 14.0. The third kappa shape index (κ3) is 3.13. The maximum atomic E-state index is 6.05. The van der Waals surface area contributed by atoms with Gasteiger partial charge in [-0.25, -0.2) is 9.97 Å². The molecule has 0 bridgehead atoms. The lowest BCUT2D eigenvalue weighted by Gasteiger charge is -2.17. The van der Waals surface area contributed by atoms with Crippen molar-refractivity contribution < 1.29 is 0 Å². The Morgan fingerprint density at radius 2 is 1.72 bits per heavy atom. The van der Waals surface area contributed by atoms with Gasteiger partial charge in [0, 0.05) is 5.92 Å². The second-order valence-electron chi connectivity index (χ2n) is 5.51. The summed E-state index contributed by atoms with van der Waals surface area (Å²) in [6, 6.07) is 0. The van der Waals surface area contributed by atoms with E-state index in [2.05, 4.69) is 41.4 Å². The number of nitrogens with two attached hydrogens (primary N) is 1. The number of hydrogen-bond donors (Lipinski definition) is 1. The minimum Gasteiger partial charge on any atom is -0.383 e. The van der Waals surface area contributed by atoms with Crippen molar-refractivity contribution in [1.29, 1.82) is 0 Å². The highest BCUT2D eigenvalue weighted by molar-refractivity contribution is 14.1. The molecular weight excluding hydrogens is 337 g/mol. The molecule has 3 nitrogen and oxygen atoms in total. The second-order valence-corrected chi connectivity index (χ2v) is 6.59. The third-order valence-corrected chi connectivity index (χ3v) is 4.79. The molecule has 100 valence electrons. The predicted molar refractivity (Wildman–Crippen MR) is 83.7 cm³/mol. The molecule has 0 radical (unpaired) electrons. The summed E-state index contributed by atoms with van der Waals surface area (Å²) in [5.74, 6) is 2.57. The molecule has 4 heteroatoms. The molecule has 2 N–H and O–H groups in total. The topological polar surface area (TPSA) is 51.8 Å². The van der Waals surface area contributed by atoms with Crippen LogP contribution < -0.4 is 5.73 Å². The monoisotopic (exact) mass is 359 g/mol. The van der Waals surface area contributed by atoms with Crippen molar-refractivity contribution in [2.24, 2.45) is 0 Å². The summed E-state index contributed by atoms with van der Waals surface area (Å²) in [4.78, 5) is 9.34. The highest BCUT2D eigenvalue weighted by atomic mass is 127. The molecule has 1 aliphatic rings. The Balaban J connectivity index is 2.32. The van der Waals surface area contributed by atoms with Crippen LogP contribution >= 0.6 is 22.6 Å². The normalized spacial score (nSPS) is 18.0. The summed E-state index contributed by atoms with van der Waals surface area (Å²) in [5, 5.41) is 0. The van der Waals surface area contributed by atoms with Crippen LogP contribution in [0, 0.1) is 3.57 Å². The summed E-state index contributed by atoms with van der Waals surface area (Å²) in [7, 11) is 0. The maximum Gasteiger partial charge on any atom is 0.140 e. The van der Waals surface area contributed by atoms with Crippen LogP contribution in [-0.2, 0) is 0 Å². The standard InChI is InChI=1S/C14H22IN3/c1-9(2)12-11(15)13(16)18-14(17-12)10-7-5-3-4-6-8-10/h9-10H,3-8H2,1-2H3,(H2,16,17,18). The number of rotatable bonds is 2. The summed E-state index contributed by atoms with van der Waals surface area (Å²) < 4.78 is 1.03. The minimum atomic E-state index is 0.409. The van der Waals surface area contributed by atoms with Crippen LogP contribution in [0.2, 0.25) is 0 Å². The van der Waals surface area contributed by atoms with Gasteiger partial charge in [-0.2, -0.15) is 0 Å². The first-order valence-electron chi connectivity index (χ1n) is 6.92. The van der Waals surface area contributed by atoms with Gasteiger partial charge in [-0.1, -0.05) is 39.5 Å². The number of hydrogen-bond acceptors (Lipinski definition) is 3. The molecule has 0 aromatic carbocycles. The summed E-state index contributed by atoms with van der Waals surface area (Å²) >= 11 is 2.27. The van der Waals surface area contributed by atoms with Gasteiger partial charge in [0.15, 0.2) is 0 Å². The number of halogens is 1. The number of nitrogens with zero attached hydrogens (tertiary/aromatic N) is 2. The van der Waals surface area contributed by atoms with Crippen molar-refractivity contribution in [3.63, 3.8) is 0 Å². The van der Waals surface area contributed by atoms with Gasteiger partial charge in [0.05, 0.1) is 9.26 Å². The molecule has 1 aliphatic carbocycles. The number of aromatic nitrogens is 2. The Bertz CT molecular complexity index is 410. The van der Waals surface area contributed by atoms with Gasteiger partial charge in [-0.3, -0.25) is 0 Å². The van der Waals surface area contributed by atoms with Gasteiger partial charge in [-0.15, -0.1) is 0 Å². The highest BCUT2D eigenvalue weighted by Gasteiger charge is 2.20. The molecule has 0 saturated heterocycles. The molecule has 0 amide bonds. The molecule has 18 heavy (non-hydrogen) atoms. The van der Waals surface area contributed by atoms with Crippen LogP contribution in [0.1, 0.15) is 75.7 Å². The van der Waals surface area contributed by atoms with E-state index in [4.69, 9.17) is 10.7 Å². The zero-order valence-electron chi connectivity index (χ0n) is 11.2. The van der Waals surface area contributed by atoms with Crippen molar-refractivity contribution in [2.45, 2.75) is 64.2 Å². The van der Waals surface area contributed by atoms with E-state index in [1.165, 1.54) is 38.5 Å². The van der Waals surface area contributed by atoms with E-state index in [0.29, 0.717) is 17.7 Å². The lowest BCUT2D eigenvalue weighted by atomic mass is 9.99. The van der Waals surface area contributed by atoms with E-state index in [-0.39, 0.29) is 0 Å². The third-order valence-electron chi connectivity index (χ3n) is 3.69. The van der Waals surface area contributed by atoms with Gasteiger partial charge < -0.3 is 5.73 Å². The van der Waals surface area contributed by atoms with Gasteiger partial charge in [0.2, 0.25) is 0 Å². The highest BCUT2D eigenvalue weighted by Crippen LogP contribution is 2.32. The first-order valence-corrected chi connectivity index (χ1v) is 8.00. The number of nitrogen functional groups attached to an aromatic ring is 1. The van der Waals surface area contributed by atoms with E-state index in [1.54, 1.807) is 0 Å². The fourth-order valence-electron chi connectivity index (χ4n) is 2.60. The first-order chi connectivity index (χ1) is 8.59. The molecule has 2 rings (SSSR count). The smallest absolute Gasteiger partial charge is 0.140 e. The van der Waals surface area contributed by atoms with Gasteiger partial charge in [0.1, 0.15) is 11.6 Å². The van der Waals surface area contributed by atoms with E-state index in [1.807, 2.05) is 0 Å². The van der Waals surface area contributed by atoms with Crippen LogP contribution in [0.4, 0.5) is 5.82 Å². The van der Waals surface area contributed by atoms with Crippen molar-refractivity contribution in [2.75, 3.05) is 5.73 Å². The molecule has 0 aliphatic heterocycles. The average Bonchev–Trinajstić information content (AvgIpc) is 2.60.